The molecule has 104 valence electrons. The number of aromatic nitrogens is 2. The van der Waals surface area contributed by atoms with Crippen LogP contribution in [0, 0.1) is 6.92 Å². The molecule has 0 fully saturated rings. The molecule has 20 heavy (non-hydrogen) atoms. The lowest BCUT2D eigenvalue weighted by Crippen LogP contribution is -2.29. The van der Waals surface area contributed by atoms with Crippen molar-refractivity contribution < 1.29 is 9.21 Å². The third kappa shape index (κ3) is 3.68. The van der Waals surface area contributed by atoms with Crippen molar-refractivity contribution in [3.05, 3.63) is 42.3 Å². The number of nitrogens with zero attached hydrogens (tertiary/aromatic N) is 2. The van der Waals surface area contributed by atoms with Crippen LogP contribution in [0.1, 0.15) is 12.8 Å². The van der Waals surface area contributed by atoms with Gasteiger partial charge in [0.2, 0.25) is 11.8 Å². The minimum Gasteiger partial charge on any atom is -0.421 e. The highest BCUT2D eigenvalue weighted by Gasteiger charge is 2.06. The summed E-state index contributed by atoms with van der Waals surface area (Å²) < 4.78 is 5.32. The maximum Gasteiger partial charge on any atom is 0.319 e. The average molecular weight is 272 g/mol. The Bertz CT molecular complexity index is 616. The summed E-state index contributed by atoms with van der Waals surface area (Å²) >= 11 is 0. The molecule has 0 saturated heterocycles. The maximum absolute atomic E-state index is 11.6. The number of urea groups is 1. The molecule has 2 amide bonds. The number of hydrogen-bond acceptors (Lipinski definition) is 4. The van der Waals surface area contributed by atoms with Gasteiger partial charge in [-0.2, -0.15) is 0 Å². The molecule has 0 unspecified atom stereocenters. The van der Waals surface area contributed by atoms with Crippen molar-refractivity contribution in [2.45, 2.75) is 13.8 Å². The second kappa shape index (κ2) is 6.01. The molecule has 0 aliphatic rings. The van der Waals surface area contributed by atoms with Crippen molar-refractivity contribution in [1.29, 1.82) is 0 Å². The fourth-order valence-corrected chi connectivity index (χ4v) is 1.52. The number of anilines is 1. The smallest absolute Gasteiger partial charge is 0.319 e. The first-order valence-electron chi connectivity index (χ1n) is 6.14. The Hall–Kier alpha value is -2.63. The van der Waals surface area contributed by atoms with E-state index in [9.17, 15) is 4.79 Å². The molecule has 6 heteroatoms. The van der Waals surface area contributed by atoms with Crippen LogP contribution in [0.3, 0.4) is 0 Å². The fourth-order valence-electron chi connectivity index (χ4n) is 1.52. The predicted octanol–water partition coefficient (Wildman–Crippen LogP) is 2.74. The van der Waals surface area contributed by atoms with Crippen molar-refractivity contribution in [1.82, 2.24) is 15.5 Å². The van der Waals surface area contributed by atoms with Crippen LogP contribution in [-0.4, -0.2) is 22.8 Å². The van der Waals surface area contributed by atoms with Gasteiger partial charge in [-0.3, -0.25) is 0 Å². The number of nitrogens with one attached hydrogen (secondary N) is 2. The van der Waals surface area contributed by atoms with E-state index in [1.807, 2.05) is 6.92 Å². The predicted molar refractivity (Wildman–Crippen MR) is 76.3 cm³/mol. The topological polar surface area (TPSA) is 80.0 Å². The summed E-state index contributed by atoms with van der Waals surface area (Å²) in [4.78, 5) is 11.6. The summed E-state index contributed by atoms with van der Waals surface area (Å²) in [5, 5.41) is 13.1. The van der Waals surface area contributed by atoms with Gasteiger partial charge in [-0.25, -0.2) is 4.79 Å². The van der Waals surface area contributed by atoms with E-state index in [-0.39, 0.29) is 6.03 Å². The average Bonchev–Trinajstić information content (AvgIpc) is 2.84. The first kappa shape index (κ1) is 13.8. The van der Waals surface area contributed by atoms with Gasteiger partial charge in [0.15, 0.2) is 0 Å². The highest BCUT2D eigenvalue weighted by atomic mass is 16.4. The van der Waals surface area contributed by atoms with Gasteiger partial charge in [0.25, 0.3) is 0 Å². The molecule has 0 spiro atoms. The number of aryl methyl sites for hydroxylation is 1. The molecule has 2 aromatic rings. The zero-order valence-electron chi connectivity index (χ0n) is 11.4. The zero-order valence-corrected chi connectivity index (χ0v) is 11.4. The Kier molecular flexibility index (Phi) is 4.14. The molecule has 0 bridgehead atoms. The Labute approximate surface area is 116 Å². The lowest BCUT2D eigenvalue weighted by Gasteiger charge is -2.07. The number of hydrogen-bond donors (Lipinski definition) is 2. The summed E-state index contributed by atoms with van der Waals surface area (Å²) in [6, 6.07) is 6.89. The van der Waals surface area contributed by atoms with E-state index in [0.717, 1.165) is 11.1 Å². The minimum absolute atomic E-state index is 0.269. The molecule has 1 heterocycles. The fraction of sp³-hybridized carbons (Fsp3) is 0.214. The molecular formula is C14H16N4O2. The summed E-state index contributed by atoms with van der Waals surface area (Å²) in [6.07, 6.45) is 0. The van der Waals surface area contributed by atoms with Crippen molar-refractivity contribution in [2.24, 2.45) is 0 Å². The van der Waals surface area contributed by atoms with Gasteiger partial charge < -0.3 is 15.1 Å². The number of amides is 2. The van der Waals surface area contributed by atoms with Gasteiger partial charge in [-0.05, 0) is 31.2 Å². The van der Waals surface area contributed by atoms with Crippen LogP contribution in [0.4, 0.5) is 10.5 Å². The molecule has 0 atom stereocenters. The lowest BCUT2D eigenvalue weighted by molar-refractivity contribution is 0.253. The molecule has 0 aliphatic carbocycles. The third-order valence-corrected chi connectivity index (χ3v) is 2.47. The van der Waals surface area contributed by atoms with Gasteiger partial charge in [-0.1, -0.05) is 12.2 Å². The van der Waals surface area contributed by atoms with Crippen molar-refractivity contribution >= 4 is 11.7 Å². The van der Waals surface area contributed by atoms with Gasteiger partial charge >= 0.3 is 6.03 Å². The van der Waals surface area contributed by atoms with Crippen LogP contribution < -0.4 is 10.6 Å². The minimum atomic E-state index is -0.269. The molecule has 6 nitrogen and oxygen atoms in total. The second-order valence-corrected chi connectivity index (χ2v) is 4.47. The van der Waals surface area contributed by atoms with Crippen molar-refractivity contribution in [3.63, 3.8) is 0 Å². The number of carbonyl (C=O) groups excluding carboxylic acids is 1. The number of benzene rings is 1. The van der Waals surface area contributed by atoms with Crippen LogP contribution in [0.15, 0.2) is 40.8 Å². The van der Waals surface area contributed by atoms with Gasteiger partial charge in [0, 0.05) is 24.7 Å². The standard InChI is InChI=1S/C14H16N4O2/c1-9(2)8-15-14(19)16-12-6-4-11(5-7-12)13-18-17-10(3)20-13/h4-7H,1,8H2,2-3H3,(H2,15,16,19). The molecule has 0 radical (unpaired) electrons. The zero-order chi connectivity index (χ0) is 14.5. The monoisotopic (exact) mass is 272 g/mol. The first-order valence-corrected chi connectivity index (χ1v) is 6.14. The molecular weight excluding hydrogens is 256 g/mol. The van der Waals surface area contributed by atoms with E-state index in [0.29, 0.717) is 24.0 Å². The largest absolute Gasteiger partial charge is 0.421 e. The molecule has 2 rings (SSSR count). The Morgan fingerprint density at radius 3 is 2.55 bits per heavy atom. The van der Waals surface area contributed by atoms with Crippen molar-refractivity contribution in [2.75, 3.05) is 11.9 Å². The highest BCUT2D eigenvalue weighted by Crippen LogP contribution is 2.19. The van der Waals surface area contributed by atoms with E-state index < -0.39 is 0 Å². The Morgan fingerprint density at radius 2 is 2.00 bits per heavy atom. The van der Waals surface area contributed by atoms with Gasteiger partial charge in [0.1, 0.15) is 0 Å². The molecule has 2 N–H and O–H groups in total. The van der Waals surface area contributed by atoms with Gasteiger partial charge in [0.05, 0.1) is 0 Å². The summed E-state index contributed by atoms with van der Waals surface area (Å²) in [6.45, 7) is 7.75. The Morgan fingerprint density at radius 1 is 1.30 bits per heavy atom. The van der Waals surface area contributed by atoms with Crippen LogP contribution in [-0.2, 0) is 0 Å². The van der Waals surface area contributed by atoms with E-state index in [1.54, 1.807) is 31.2 Å². The molecule has 1 aromatic heterocycles. The molecule has 0 saturated carbocycles. The SMILES string of the molecule is C=C(C)CNC(=O)Nc1ccc(-c2nnc(C)o2)cc1. The number of rotatable bonds is 4. The van der Waals surface area contributed by atoms with E-state index in [1.165, 1.54) is 0 Å². The third-order valence-electron chi connectivity index (χ3n) is 2.47. The summed E-state index contributed by atoms with van der Waals surface area (Å²) in [7, 11) is 0. The molecule has 0 aliphatic heterocycles. The highest BCUT2D eigenvalue weighted by molar-refractivity contribution is 5.89. The first-order chi connectivity index (χ1) is 9.54. The quantitative estimate of drug-likeness (QED) is 0.839. The van der Waals surface area contributed by atoms with Crippen LogP contribution in [0.25, 0.3) is 11.5 Å². The van der Waals surface area contributed by atoms with E-state index >= 15 is 0 Å². The lowest BCUT2D eigenvalue weighted by atomic mass is 10.2. The number of carbonyl (C=O) groups is 1. The van der Waals surface area contributed by atoms with Gasteiger partial charge in [-0.15, -0.1) is 10.2 Å². The van der Waals surface area contributed by atoms with Crippen LogP contribution in [0.5, 0.6) is 0 Å². The second-order valence-electron chi connectivity index (χ2n) is 4.47. The van der Waals surface area contributed by atoms with Crippen LogP contribution >= 0.6 is 0 Å². The van der Waals surface area contributed by atoms with Crippen LogP contribution in [0.2, 0.25) is 0 Å². The normalized spacial score (nSPS) is 10.1. The van der Waals surface area contributed by atoms with E-state index in [2.05, 4.69) is 27.4 Å². The summed E-state index contributed by atoms with van der Waals surface area (Å²) in [5.74, 6) is 0.974. The Balaban J connectivity index is 1.98. The molecule has 1 aromatic carbocycles. The summed E-state index contributed by atoms with van der Waals surface area (Å²) in [5.41, 5.74) is 2.38. The van der Waals surface area contributed by atoms with Crippen molar-refractivity contribution in [3.8, 4) is 11.5 Å². The van der Waals surface area contributed by atoms with E-state index in [4.69, 9.17) is 4.42 Å². The maximum atomic E-state index is 11.6.